The van der Waals surface area contributed by atoms with Gasteiger partial charge in [0.1, 0.15) is 0 Å². The highest BCUT2D eigenvalue weighted by Crippen LogP contribution is 2.16. The van der Waals surface area contributed by atoms with Crippen molar-refractivity contribution in [2.75, 3.05) is 24.9 Å². The SMILES string of the molecule is COC(CCC=CCCCCCCCCCCCCCBr)OC(CCC=CCCCCCCCCCCCCCBr)OC. The fourth-order valence-corrected chi connectivity index (χ4v) is 6.28. The van der Waals surface area contributed by atoms with Gasteiger partial charge in [0.05, 0.1) is 0 Å². The highest BCUT2D eigenvalue weighted by molar-refractivity contribution is 9.09. The van der Waals surface area contributed by atoms with Crippen molar-refractivity contribution in [2.24, 2.45) is 0 Å². The summed E-state index contributed by atoms with van der Waals surface area (Å²) in [5, 5.41) is 2.33. The van der Waals surface area contributed by atoms with Crippen LogP contribution in [0.25, 0.3) is 0 Å². The van der Waals surface area contributed by atoms with Crippen LogP contribution in [0.4, 0.5) is 0 Å². The zero-order valence-electron chi connectivity index (χ0n) is 28.7. The molecule has 2 atom stereocenters. The standard InChI is InChI=1S/C38H72Br2O3/c1-41-37(33-29-25-21-17-13-9-5-3-7-11-15-19-23-27-31-35-39)43-38(42-2)34-30-26-22-18-14-10-6-4-8-12-16-20-24-28-32-36-40/h21-22,25-26,37-38H,3-20,23-24,27-36H2,1-2H3. The van der Waals surface area contributed by atoms with Gasteiger partial charge in [-0.15, -0.1) is 0 Å². The van der Waals surface area contributed by atoms with Gasteiger partial charge in [-0.25, -0.2) is 0 Å². The quantitative estimate of drug-likeness (QED) is 0.0277. The van der Waals surface area contributed by atoms with Crippen LogP contribution < -0.4 is 0 Å². The van der Waals surface area contributed by atoms with Crippen LogP contribution in [0.2, 0.25) is 0 Å². The predicted molar refractivity (Wildman–Crippen MR) is 198 cm³/mol. The van der Waals surface area contributed by atoms with Crippen molar-refractivity contribution in [3.8, 4) is 0 Å². The Balaban J connectivity index is 3.62. The minimum Gasteiger partial charge on any atom is -0.356 e. The van der Waals surface area contributed by atoms with Crippen molar-refractivity contribution >= 4 is 31.9 Å². The summed E-state index contributed by atoms with van der Waals surface area (Å²) in [7, 11) is 3.47. The summed E-state index contributed by atoms with van der Waals surface area (Å²) in [5.74, 6) is 0. The molecule has 43 heavy (non-hydrogen) atoms. The van der Waals surface area contributed by atoms with E-state index in [1.54, 1.807) is 14.2 Å². The zero-order chi connectivity index (χ0) is 31.3. The lowest BCUT2D eigenvalue weighted by Crippen LogP contribution is -2.25. The first-order valence-corrected chi connectivity index (χ1v) is 20.7. The molecular formula is C38H72Br2O3. The van der Waals surface area contributed by atoms with Crippen LogP contribution in [0.3, 0.4) is 0 Å². The third kappa shape index (κ3) is 35.0. The number of halogens is 2. The van der Waals surface area contributed by atoms with Crippen molar-refractivity contribution in [3.05, 3.63) is 24.3 Å². The van der Waals surface area contributed by atoms with E-state index in [0.717, 1.165) is 36.3 Å². The Morgan fingerprint density at radius 3 is 0.907 bits per heavy atom. The van der Waals surface area contributed by atoms with Crippen LogP contribution in [0.1, 0.15) is 180 Å². The number of ether oxygens (including phenoxy) is 3. The first kappa shape index (κ1) is 43.3. The molecule has 0 aliphatic heterocycles. The fraction of sp³-hybridized carbons (Fsp3) is 0.895. The topological polar surface area (TPSA) is 27.7 Å². The Bertz CT molecular complexity index is 521. The molecule has 0 bridgehead atoms. The maximum atomic E-state index is 6.08. The van der Waals surface area contributed by atoms with Crippen molar-refractivity contribution in [1.82, 2.24) is 0 Å². The number of methoxy groups -OCH3 is 2. The summed E-state index contributed by atoms with van der Waals surface area (Å²) >= 11 is 7.03. The normalized spacial score (nSPS) is 13.5. The van der Waals surface area contributed by atoms with Gasteiger partial charge in [-0.2, -0.15) is 0 Å². The number of hydrogen-bond donors (Lipinski definition) is 0. The smallest absolute Gasteiger partial charge is 0.160 e. The zero-order valence-corrected chi connectivity index (χ0v) is 31.8. The third-order valence-corrected chi connectivity index (χ3v) is 9.43. The molecule has 0 aliphatic carbocycles. The molecular weight excluding hydrogens is 664 g/mol. The molecule has 0 radical (unpaired) electrons. The minimum absolute atomic E-state index is 0.206. The lowest BCUT2D eigenvalue weighted by Gasteiger charge is -2.22. The number of unbranched alkanes of at least 4 members (excludes halogenated alkanes) is 22. The molecule has 3 nitrogen and oxygen atoms in total. The van der Waals surface area contributed by atoms with Gasteiger partial charge in [0, 0.05) is 37.7 Å². The second-order valence-corrected chi connectivity index (χ2v) is 13.9. The lowest BCUT2D eigenvalue weighted by atomic mass is 10.1. The van der Waals surface area contributed by atoms with Crippen LogP contribution in [0.5, 0.6) is 0 Å². The Kier molecular flexibility index (Phi) is 38.8. The van der Waals surface area contributed by atoms with E-state index in [1.807, 2.05) is 0 Å². The largest absolute Gasteiger partial charge is 0.356 e. The van der Waals surface area contributed by atoms with Gasteiger partial charge in [-0.3, -0.25) is 0 Å². The summed E-state index contributed by atoms with van der Waals surface area (Å²) in [6, 6.07) is 0. The summed E-state index contributed by atoms with van der Waals surface area (Å²) < 4.78 is 17.2. The van der Waals surface area contributed by atoms with Crippen LogP contribution >= 0.6 is 31.9 Å². The van der Waals surface area contributed by atoms with Gasteiger partial charge in [0.25, 0.3) is 0 Å². The van der Waals surface area contributed by atoms with E-state index in [0.29, 0.717) is 0 Å². The molecule has 0 amide bonds. The fourth-order valence-electron chi connectivity index (χ4n) is 5.48. The summed E-state index contributed by atoms with van der Waals surface area (Å²) in [6.45, 7) is 0. The molecule has 0 saturated heterocycles. The predicted octanol–water partition coefficient (Wildman–Crippen LogP) is 13.8. The molecule has 0 N–H and O–H groups in total. The molecule has 2 unspecified atom stereocenters. The van der Waals surface area contributed by atoms with E-state index in [1.165, 1.54) is 154 Å². The third-order valence-electron chi connectivity index (χ3n) is 8.31. The number of hydrogen-bond acceptors (Lipinski definition) is 3. The van der Waals surface area contributed by atoms with Crippen LogP contribution in [0, 0.1) is 0 Å². The van der Waals surface area contributed by atoms with Crippen LogP contribution in [-0.4, -0.2) is 37.5 Å². The Labute approximate surface area is 286 Å². The average molecular weight is 737 g/mol. The van der Waals surface area contributed by atoms with Crippen LogP contribution in [0.15, 0.2) is 24.3 Å². The molecule has 0 rings (SSSR count). The van der Waals surface area contributed by atoms with Gasteiger partial charge >= 0.3 is 0 Å². The maximum absolute atomic E-state index is 6.08. The van der Waals surface area contributed by atoms with Gasteiger partial charge in [-0.1, -0.05) is 172 Å². The van der Waals surface area contributed by atoms with E-state index in [9.17, 15) is 0 Å². The van der Waals surface area contributed by atoms with Gasteiger partial charge in [-0.05, 0) is 51.4 Å². The molecule has 0 saturated carbocycles. The van der Waals surface area contributed by atoms with Gasteiger partial charge in [0.2, 0.25) is 0 Å². The van der Waals surface area contributed by atoms with E-state index >= 15 is 0 Å². The molecule has 5 heteroatoms. The average Bonchev–Trinajstić information content (AvgIpc) is 3.02. The second-order valence-electron chi connectivity index (χ2n) is 12.3. The number of rotatable bonds is 36. The highest BCUT2D eigenvalue weighted by Gasteiger charge is 2.14. The van der Waals surface area contributed by atoms with E-state index < -0.39 is 0 Å². The van der Waals surface area contributed by atoms with E-state index in [4.69, 9.17) is 14.2 Å². The lowest BCUT2D eigenvalue weighted by molar-refractivity contribution is -0.232. The molecule has 0 aromatic heterocycles. The van der Waals surface area contributed by atoms with Crippen LogP contribution in [-0.2, 0) is 14.2 Å². The molecule has 256 valence electrons. The van der Waals surface area contributed by atoms with Crippen molar-refractivity contribution in [2.45, 2.75) is 192 Å². The van der Waals surface area contributed by atoms with Gasteiger partial charge in [0.15, 0.2) is 12.6 Å². The second kappa shape index (κ2) is 38.5. The molecule has 0 fully saturated rings. The molecule has 0 heterocycles. The van der Waals surface area contributed by atoms with Crippen molar-refractivity contribution < 1.29 is 14.2 Å². The minimum atomic E-state index is -0.206. The summed E-state index contributed by atoms with van der Waals surface area (Å²) in [6.07, 6.45) is 45.6. The first-order valence-electron chi connectivity index (χ1n) is 18.4. The number of alkyl halides is 2. The molecule has 0 aromatic carbocycles. The number of allylic oxidation sites excluding steroid dienone is 4. The van der Waals surface area contributed by atoms with E-state index in [2.05, 4.69) is 56.2 Å². The molecule has 0 spiro atoms. The summed E-state index contributed by atoms with van der Waals surface area (Å²) in [5.41, 5.74) is 0. The Morgan fingerprint density at radius 2 is 0.628 bits per heavy atom. The van der Waals surface area contributed by atoms with E-state index in [-0.39, 0.29) is 12.6 Å². The highest BCUT2D eigenvalue weighted by atomic mass is 79.9. The Morgan fingerprint density at radius 1 is 0.372 bits per heavy atom. The van der Waals surface area contributed by atoms with Crippen molar-refractivity contribution in [1.29, 1.82) is 0 Å². The molecule has 0 aliphatic rings. The Hall–Kier alpha value is 0.320. The van der Waals surface area contributed by atoms with Gasteiger partial charge < -0.3 is 14.2 Å². The first-order chi connectivity index (χ1) is 21.3. The monoisotopic (exact) mass is 734 g/mol. The maximum Gasteiger partial charge on any atom is 0.160 e. The molecule has 0 aromatic rings. The summed E-state index contributed by atoms with van der Waals surface area (Å²) in [4.78, 5) is 0. The van der Waals surface area contributed by atoms with Crippen molar-refractivity contribution in [3.63, 3.8) is 0 Å².